The van der Waals surface area contributed by atoms with Gasteiger partial charge < -0.3 is 14.9 Å². The highest BCUT2D eigenvalue weighted by Crippen LogP contribution is 2.41. The molecular weight excluding hydrogens is 272 g/mol. The zero-order chi connectivity index (χ0) is 15.7. The molecule has 0 bridgehead atoms. The van der Waals surface area contributed by atoms with E-state index in [0.29, 0.717) is 5.56 Å². The lowest BCUT2D eigenvalue weighted by Crippen LogP contribution is -2.53. The minimum Gasteiger partial charge on any atom is -0.507 e. The van der Waals surface area contributed by atoms with Crippen LogP contribution in [0.5, 0.6) is 0 Å². The van der Waals surface area contributed by atoms with E-state index in [1.165, 1.54) is 13.0 Å². The lowest BCUT2D eigenvalue weighted by molar-refractivity contribution is -0.160. The number of benzene rings is 1. The normalized spacial score (nSPS) is 29.0. The first-order valence-electron chi connectivity index (χ1n) is 6.39. The van der Waals surface area contributed by atoms with Gasteiger partial charge in [0.2, 0.25) is 11.4 Å². The summed E-state index contributed by atoms with van der Waals surface area (Å²) in [6.45, 7) is 4.89. The van der Waals surface area contributed by atoms with Gasteiger partial charge in [0, 0.05) is 11.6 Å². The van der Waals surface area contributed by atoms with Gasteiger partial charge in [-0.05, 0) is 6.92 Å². The minimum atomic E-state index is -2.38. The van der Waals surface area contributed by atoms with Crippen molar-refractivity contribution in [2.24, 2.45) is 5.41 Å². The summed E-state index contributed by atoms with van der Waals surface area (Å²) in [5, 5.41) is 20.4. The lowest BCUT2D eigenvalue weighted by Gasteiger charge is -2.29. The monoisotopic (exact) mass is 288 g/mol. The molecular formula is C16H16O5. The maximum Gasteiger partial charge on any atom is 0.347 e. The standard InChI is InChI=1S/C16H16O5/c1-3-15(2)10-21-14(19)16(15,20)13(18)9-12(17)11-7-5-4-6-8-11/h3-9,17,20H,1,10H2,2H3/b12-9-/t15-,16?/m0/s1. The smallest absolute Gasteiger partial charge is 0.347 e. The topological polar surface area (TPSA) is 83.8 Å². The Kier molecular flexibility index (Phi) is 3.70. The number of rotatable bonds is 4. The fourth-order valence-corrected chi connectivity index (χ4v) is 2.17. The van der Waals surface area contributed by atoms with E-state index in [4.69, 9.17) is 4.74 Å². The largest absolute Gasteiger partial charge is 0.507 e. The van der Waals surface area contributed by atoms with Gasteiger partial charge in [0.1, 0.15) is 12.4 Å². The Morgan fingerprint density at radius 3 is 2.57 bits per heavy atom. The van der Waals surface area contributed by atoms with Crippen molar-refractivity contribution in [1.82, 2.24) is 0 Å². The molecule has 1 saturated heterocycles. The van der Waals surface area contributed by atoms with Crippen molar-refractivity contribution in [1.29, 1.82) is 0 Å². The third-order valence-electron chi connectivity index (χ3n) is 3.77. The number of hydrogen-bond acceptors (Lipinski definition) is 5. The predicted molar refractivity (Wildman–Crippen MR) is 76.3 cm³/mol. The van der Waals surface area contributed by atoms with E-state index in [1.54, 1.807) is 30.3 Å². The fourth-order valence-electron chi connectivity index (χ4n) is 2.17. The molecule has 1 heterocycles. The van der Waals surface area contributed by atoms with Crippen molar-refractivity contribution in [3.05, 3.63) is 54.6 Å². The first kappa shape index (κ1) is 15.0. The fraction of sp³-hybridized carbons (Fsp3) is 0.250. The molecule has 2 atom stereocenters. The Morgan fingerprint density at radius 2 is 2.00 bits per heavy atom. The molecule has 1 fully saturated rings. The van der Waals surface area contributed by atoms with Crippen LogP contribution < -0.4 is 0 Å². The summed E-state index contributed by atoms with van der Waals surface area (Å²) in [5.74, 6) is -2.30. The molecule has 2 rings (SSSR count). The number of cyclic esters (lactones) is 1. The molecule has 0 spiro atoms. The van der Waals surface area contributed by atoms with Gasteiger partial charge in [-0.1, -0.05) is 36.4 Å². The zero-order valence-corrected chi connectivity index (χ0v) is 11.6. The zero-order valence-electron chi connectivity index (χ0n) is 11.6. The molecule has 1 aliphatic heterocycles. The van der Waals surface area contributed by atoms with Crippen LogP contribution in [0.15, 0.2) is 49.1 Å². The average molecular weight is 288 g/mol. The second kappa shape index (κ2) is 5.18. The van der Waals surface area contributed by atoms with Crippen LogP contribution in [0.25, 0.3) is 5.76 Å². The molecule has 2 N–H and O–H groups in total. The van der Waals surface area contributed by atoms with Crippen LogP contribution in [0.1, 0.15) is 12.5 Å². The van der Waals surface area contributed by atoms with E-state index in [1.807, 2.05) is 0 Å². The first-order chi connectivity index (χ1) is 9.85. The van der Waals surface area contributed by atoms with E-state index >= 15 is 0 Å². The van der Waals surface area contributed by atoms with Crippen molar-refractivity contribution in [2.75, 3.05) is 6.61 Å². The van der Waals surface area contributed by atoms with E-state index < -0.39 is 22.8 Å². The highest BCUT2D eigenvalue weighted by atomic mass is 16.6. The summed E-state index contributed by atoms with van der Waals surface area (Å²) in [7, 11) is 0. The van der Waals surface area contributed by atoms with Gasteiger partial charge in [-0.25, -0.2) is 4.79 Å². The summed E-state index contributed by atoms with van der Waals surface area (Å²) in [5.41, 5.74) is -3.22. The van der Waals surface area contributed by atoms with Gasteiger partial charge in [-0.2, -0.15) is 0 Å². The van der Waals surface area contributed by atoms with Gasteiger partial charge in [0.05, 0.1) is 5.41 Å². The van der Waals surface area contributed by atoms with E-state index in [-0.39, 0.29) is 12.4 Å². The number of aliphatic hydroxyl groups excluding tert-OH is 1. The quantitative estimate of drug-likeness (QED) is 0.289. The van der Waals surface area contributed by atoms with Gasteiger partial charge in [-0.3, -0.25) is 4.79 Å². The maximum atomic E-state index is 12.3. The average Bonchev–Trinajstić information content (AvgIpc) is 2.74. The van der Waals surface area contributed by atoms with Crippen molar-refractivity contribution >= 4 is 17.5 Å². The highest BCUT2D eigenvalue weighted by molar-refractivity contribution is 6.16. The molecule has 21 heavy (non-hydrogen) atoms. The van der Waals surface area contributed by atoms with E-state index in [9.17, 15) is 19.8 Å². The molecule has 110 valence electrons. The van der Waals surface area contributed by atoms with Crippen molar-refractivity contribution < 1.29 is 24.5 Å². The summed E-state index contributed by atoms with van der Waals surface area (Å²) in [6, 6.07) is 8.34. The molecule has 1 unspecified atom stereocenters. The molecule has 1 aromatic carbocycles. The van der Waals surface area contributed by atoms with Crippen LogP contribution in [0.3, 0.4) is 0 Å². The lowest BCUT2D eigenvalue weighted by atomic mass is 9.73. The Morgan fingerprint density at radius 1 is 1.38 bits per heavy atom. The maximum absolute atomic E-state index is 12.3. The third kappa shape index (κ3) is 2.25. The van der Waals surface area contributed by atoms with Crippen molar-refractivity contribution in [3.63, 3.8) is 0 Å². The Balaban J connectivity index is 2.39. The number of carbonyl (C=O) groups excluding carboxylic acids is 2. The van der Waals surface area contributed by atoms with Crippen LogP contribution in [0.4, 0.5) is 0 Å². The van der Waals surface area contributed by atoms with Crippen LogP contribution in [-0.2, 0) is 14.3 Å². The summed E-state index contributed by atoms with van der Waals surface area (Å²) in [6.07, 6.45) is 2.15. The number of ether oxygens (including phenoxy) is 1. The molecule has 0 amide bonds. The molecule has 5 nitrogen and oxygen atoms in total. The van der Waals surface area contributed by atoms with Crippen molar-refractivity contribution in [2.45, 2.75) is 12.5 Å². The SMILES string of the molecule is C=C[C@@]1(C)COC(=O)C1(O)C(=O)/C=C(\O)c1ccccc1. The summed E-state index contributed by atoms with van der Waals surface area (Å²) < 4.78 is 4.79. The Bertz CT molecular complexity index is 619. The third-order valence-corrected chi connectivity index (χ3v) is 3.77. The second-order valence-corrected chi connectivity index (χ2v) is 5.17. The van der Waals surface area contributed by atoms with Crippen LogP contribution in [0, 0.1) is 5.41 Å². The second-order valence-electron chi connectivity index (χ2n) is 5.17. The summed E-state index contributed by atoms with van der Waals surface area (Å²) >= 11 is 0. The van der Waals surface area contributed by atoms with Gasteiger partial charge in [-0.15, -0.1) is 6.58 Å². The minimum absolute atomic E-state index is 0.141. The van der Waals surface area contributed by atoms with E-state index in [2.05, 4.69) is 6.58 Å². The predicted octanol–water partition coefficient (Wildman–Crippen LogP) is 1.63. The molecule has 1 aromatic rings. The number of ketones is 1. The molecule has 1 aliphatic rings. The van der Waals surface area contributed by atoms with Crippen molar-refractivity contribution in [3.8, 4) is 0 Å². The van der Waals surface area contributed by atoms with Gasteiger partial charge in [0.25, 0.3) is 0 Å². The Labute approximate surface area is 122 Å². The van der Waals surface area contributed by atoms with Crippen LogP contribution in [0.2, 0.25) is 0 Å². The molecule has 5 heteroatoms. The van der Waals surface area contributed by atoms with Crippen LogP contribution >= 0.6 is 0 Å². The van der Waals surface area contributed by atoms with Gasteiger partial charge >= 0.3 is 5.97 Å². The van der Waals surface area contributed by atoms with Crippen LogP contribution in [-0.4, -0.2) is 34.2 Å². The molecule has 0 radical (unpaired) electrons. The molecule has 0 aliphatic carbocycles. The van der Waals surface area contributed by atoms with E-state index in [0.717, 1.165) is 6.08 Å². The number of aliphatic hydroxyl groups is 2. The molecule has 0 saturated carbocycles. The Hall–Kier alpha value is -2.40. The number of esters is 1. The molecule has 0 aromatic heterocycles. The number of hydrogen-bond donors (Lipinski definition) is 2. The van der Waals surface area contributed by atoms with Gasteiger partial charge in [0.15, 0.2) is 0 Å². The number of carbonyl (C=O) groups is 2. The highest BCUT2D eigenvalue weighted by Gasteiger charge is 2.62. The summed E-state index contributed by atoms with van der Waals surface area (Å²) in [4.78, 5) is 24.1. The first-order valence-corrected chi connectivity index (χ1v) is 6.39.